The maximum absolute atomic E-state index is 6.07. The first-order chi connectivity index (χ1) is 9.13. The fourth-order valence-electron chi connectivity index (χ4n) is 2.80. The van der Waals surface area contributed by atoms with Gasteiger partial charge in [0.1, 0.15) is 0 Å². The van der Waals surface area contributed by atoms with Crippen molar-refractivity contribution in [1.29, 1.82) is 0 Å². The summed E-state index contributed by atoms with van der Waals surface area (Å²) in [6, 6.07) is 4.24. The van der Waals surface area contributed by atoms with Gasteiger partial charge in [-0.15, -0.1) is 0 Å². The molecule has 4 heteroatoms. The Balaban J connectivity index is 2.15. The zero-order valence-electron chi connectivity index (χ0n) is 12.0. The Morgan fingerprint density at radius 3 is 2.47 bits per heavy atom. The van der Waals surface area contributed by atoms with Gasteiger partial charge >= 0.3 is 0 Å². The maximum Gasteiger partial charge on any atom is 0.162 e. The van der Waals surface area contributed by atoms with Crippen LogP contribution in [0.3, 0.4) is 0 Å². The van der Waals surface area contributed by atoms with Crippen molar-refractivity contribution in [3.63, 3.8) is 0 Å². The number of ether oxygens (including phenoxy) is 2. The van der Waals surface area contributed by atoms with Gasteiger partial charge in [-0.25, -0.2) is 0 Å². The van der Waals surface area contributed by atoms with Crippen LogP contribution in [0.4, 0.5) is 11.4 Å². The third-order valence-electron chi connectivity index (χ3n) is 3.85. The SMILES string of the molecule is COc1cc(N)c(NC2CCCC(C)C2)cc1OC. The molecule has 0 aromatic heterocycles. The summed E-state index contributed by atoms with van der Waals surface area (Å²) >= 11 is 0. The van der Waals surface area contributed by atoms with Crippen LogP contribution >= 0.6 is 0 Å². The van der Waals surface area contributed by atoms with Crippen LogP contribution in [0.1, 0.15) is 32.6 Å². The molecule has 2 rings (SSSR count). The first-order valence-electron chi connectivity index (χ1n) is 6.92. The normalized spacial score (nSPS) is 22.9. The van der Waals surface area contributed by atoms with E-state index in [4.69, 9.17) is 15.2 Å². The number of benzene rings is 1. The summed E-state index contributed by atoms with van der Waals surface area (Å²) in [7, 11) is 3.26. The smallest absolute Gasteiger partial charge is 0.162 e. The van der Waals surface area contributed by atoms with Gasteiger partial charge in [-0.05, 0) is 18.8 Å². The highest BCUT2D eigenvalue weighted by Gasteiger charge is 2.20. The molecule has 19 heavy (non-hydrogen) atoms. The fraction of sp³-hybridized carbons (Fsp3) is 0.600. The quantitative estimate of drug-likeness (QED) is 0.819. The summed E-state index contributed by atoms with van der Waals surface area (Å²) in [5.41, 5.74) is 7.72. The van der Waals surface area contributed by atoms with Crippen molar-refractivity contribution in [1.82, 2.24) is 0 Å². The number of nitrogens with one attached hydrogen (secondary N) is 1. The van der Waals surface area contributed by atoms with Crippen LogP contribution in [0.25, 0.3) is 0 Å². The third-order valence-corrected chi connectivity index (χ3v) is 3.85. The summed E-state index contributed by atoms with van der Waals surface area (Å²) in [5.74, 6) is 2.17. The fourth-order valence-corrected chi connectivity index (χ4v) is 2.80. The Morgan fingerprint density at radius 2 is 1.84 bits per heavy atom. The van der Waals surface area contributed by atoms with Crippen molar-refractivity contribution in [3.05, 3.63) is 12.1 Å². The van der Waals surface area contributed by atoms with Crippen LogP contribution in [-0.2, 0) is 0 Å². The molecule has 1 aliphatic carbocycles. The van der Waals surface area contributed by atoms with E-state index in [1.165, 1.54) is 25.7 Å². The predicted octanol–water partition coefficient (Wildman–Crippen LogP) is 3.28. The summed E-state index contributed by atoms with van der Waals surface area (Å²) < 4.78 is 10.6. The number of nitrogens with two attached hydrogens (primary N) is 1. The molecule has 0 spiro atoms. The van der Waals surface area contributed by atoms with E-state index in [0.717, 1.165) is 11.6 Å². The number of hydrogen-bond donors (Lipinski definition) is 2. The monoisotopic (exact) mass is 264 g/mol. The summed E-state index contributed by atoms with van der Waals surface area (Å²) in [6.07, 6.45) is 5.03. The van der Waals surface area contributed by atoms with Gasteiger partial charge in [0.05, 0.1) is 25.6 Å². The first-order valence-corrected chi connectivity index (χ1v) is 6.92. The largest absolute Gasteiger partial charge is 0.493 e. The van der Waals surface area contributed by atoms with Gasteiger partial charge < -0.3 is 20.5 Å². The van der Waals surface area contributed by atoms with Crippen molar-refractivity contribution in [2.75, 3.05) is 25.3 Å². The van der Waals surface area contributed by atoms with Crippen molar-refractivity contribution in [2.45, 2.75) is 38.6 Å². The zero-order chi connectivity index (χ0) is 13.8. The molecule has 0 heterocycles. The molecular weight excluding hydrogens is 240 g/mol. The Morgan fingerprint density at radius 1 is 1.16 bits per heavy atom. The summed E-state index contributed by atoms with van der Waals surface area (Å²) in [4.78, 5) is 0. The van der Waals surface area contributed by atoms with Gasteiger partial charge in [-0.3, -0.25) is 0 Å². The highest BCUT2D eigenvalue weighted by Crippen LogP contribution is 2.36. The lowest BCUT2D eigenvalue weighted by Crippen LogP contribution is -2.26. The number of rotatable bonds is 4. The average molecular weight is 264 g/mol. The molecule has 1 fully saturated rings. The Hall–Kier alpha value is -1.58. The lowest BCUT2D eigenvalue weighted by molar-refractivity contribution is 0.353. The molecule has 2 unspecified atom stereocenters. The lowest BCUT2D eigenvalue weighted by atomic mass is 9.87. The van der Waals surface area contributed by atoms with Crippen molar-refractivity contribution < 1.29 is 9.47 Å². The summed E-state index contributed by atoms with van der Waals surface area (Å²) in [6.45, 7) is 2.31. The molecular formula is C15H24N2O2. The van der Waals surface area contributed by atoms with Gasteiger partial charge in [0.25, 0.3) is 0 Å². The average Bonchev–Trinajstić information content (AvgIpc) is 2.40. The van der Waals surface area contributed by atoms with E-state index in [2.05, 4.69) is 12.2 Å². The predicted molar refractivity (Wildman–Crippen MR) is 79.0 cm³/mol. The molecule has 1 aromatic rings. The van der Waals surface area contributed by atoms with E-state index in [1.807, 2.05) is 12.1 Å². The van der Waals surface area contributed by atoms with Gasteiger partial charge in [0, 0.05) is 18.2 Å². The van der Waals surface area contributed by atoms with Crippen LogP contribution < -0.4 is 20.5 Å². The number of anilines is 2. The van der Waals surface area contributed by atoms with Gasteiger partial charge in [0.2, 0.25) is 0 Å². The zero-order valence-corrected chi connectivity index (χ0v) is 12.0. The minimum absolute atomic E-state index is 0.504. The van der Waals surface area contributed by atoms with E-state index in [0.29, 0.717) is 23.2 Å². The van der Waals surface area contributed by atoms with E-state index in [1.54, 1.807) is 14.2 Å². The van der Waals surface area contributed by atoms with Crippen molar-refractivity contribution in [2.24, 2.45) is 5.92 Å². The Labute approximate surface area is 115 Å². The van der Waals surface area contributed by atoms with Gasteiger partial charge in [0.15, 0.2) is 11.5 Å². The third kappa shape index (κ3) is 3.25. The number of methoxy groups -OCH3 is 2. The summed E-state index contributed by atoms with van der Waals surface area (Å²) in [5, 5.41) is 3.55. The first kappa shape index (κ1) is 13.8. The van der Waals surface area contributed by atoms with Crippen LogP contribution in [-0.4, -0.2) is 20.3 Å². The molecule has 4 nitrogen and oxygen atoms in total. The Bertz CT molecular complexity index is 434. The van der Waals surface area contributed by atoms with E-state index in [-0.39, 0.29) is 0 Å². The second-order valence-electron chi connectivity index (χ2n) is 5.41. The highest BCUT2D eigenvalue weighted by molar-refractivity contribution is 5.72. The minimum Gasteiger partial charge on any atom is -0.493 e. The number of hydrogen-bond acceptors (Lipinski definition) is 4. The second kappa shape index (κ2) is 6.04. The molecule has 106 valence electrons. The van der Waals surface area contributed by atoms with Crippen LogP contribution in [0, 0.1) is 5.92 Å². The molecule has 0 amide bonds. The van der Waals surface area contributed by atoms with Crippen LogP contribution in [0.2, 0.25) is 0 Å². The topological polar surface area (TPSA) is 56.5 Å². The minimum atomic E-state index is 0.504. The molecule has 0 radical (unpaired) electrons. The van der Waals surface area contributed by atoms with Gasteiger partial charge in [-0.1, -0.05) is 19.8 Å². The Kier molecular flexibility index (Phi) is 4.40. The molecule has 2 atom stereocenters. The van der Waals surface area contributed by atoms with Gasteiger partial charge in [-0.2, -0.15) is 0 Å². The molecule has 1 saturated carbocycles. The molecule has 0 saturated heterocycles. The second-order valence-corrected chi connectivity index (χ2v) is 5.41. The lowest BCUT2D eigenvalue weighted by Gasteiger charge is -2.29. The van der Waals surface area contributed by atoms with Crippen LogP contribution in [0.5, 0.6) is 11.5 Å². The molecule has 1 aromatic carbocycles. The maximum atomic E-state index is 6.07. The van der Waals surface area contributed by atoms with Crippen LogP contribution in [0.15, 0.2) is 12.1 Å². The number of nitrogen functional groups attached to an aromatic ring is 1. The van der Waals surface area contributed by atoms with E-state index >= 15 is 0 Å². The van der Waals surface area contributed by atoms with E-state index < -0.39 is 0 Å². The van der Waals surface area contributed by atoms with E-state index in [9.17, 15) is 0 Å². The molecule has 1 aliphatic rings. The molecule has 3 N–H and O–H groups in total. The van der Waals surface area contributed by atoms with Crippen molar-refractivity contribution >= 4 is 11.4 Å². The molecule has 0 bridgehead atoms. The molecule has 0 aliphatic heterocycles. The standard InChI is InChI=1S/C15H24N2O2/c1-10-5-4-6-11(7-10)17-13-9-15(19-3)14(18-2)8-12(13)16/h8-11,17H,4-7,16H2,1-3H3. The highest BCUT2D eigenvalue weighted by atomic mass is 16.5. The van der Waals surface area contributed by atoms with Crippen molar-refractivity contribution in [3.8, 4) is 11.5 Å².